The van der Waals surface area contributed by atoms with Crippen LogP contribution in [-0.4, -0.2) is 17.1 Å². The third-order valence-electron chi connectivity index (χ3n) is 3.31. The number of halogens is 1. The lowest BCUT2D eigenvalue weighted by Crippen LogP contribution is -2.09. The Morgan fingerprint density at radius 1 is 1.19 bits per heavy atom. The van der Waals surface area contributed by atoms with Gasteiger partial charge in [0.1, 0.15) is 17.4 Å². The Morgan fingerprint density at radius 3 is 2.71 bits per heavy atom. The predicted octanol–water partition coefficient (Wildman–Crippen LogP) is 3.05. The Kier molecular flexibility index (Phi) is 3.17. The van der Waals surface area contributed by atoms with Gasteiger partial charge >= 0.3 is 0 Å². The van der Waals surface area contributed by atoms with Crippen molar-refractivity contribution in [3.63, 3.8) is 0 Å². The maximum atomic E-state index is 14.1. The molecule has 0 saturated heterocycles. The molecule has 0 amide bonds. The Morgan fingerprint density at radius 2 is 2.00 bits per heavy atom. The number of benzene rings is 2. The lowest BCUT2D eigenvalue weighted by Gasteiger charge is -2.07. The van der Waals surface area contributed by atoms with Crippen LogP contribution in [0.4, 0.5) is 4.39 Å². The van der Waals surface area contributed by atoms with E-state index in [1.807, 2.05) is 0 Å². The van der Waals surface area contributed by atoms with Crippen LogP contribution in [0.25, 0.3) is 22.0 Å². The standard InChI is InChI=1S/C16H13FN2O2/c1-9-18-15-7-10(3-5-13(15)16(20)19-9)12-6-4-11(21-2)8-14(12)17/h3-8H,1-2H3,(H,18,19,20). The average molecular weight is 284 g/mol. The second-order valence-corrected chi connectivity index (χ2v) is 4.73. The second kappa shape index (κ2) is 5.01. The van der Waals surface area contributed by atoms with Gasteiger partial charge in [0.05, 0.1) is 18.0 Å². The number of hydrogen-bond donors (Lipinski definition) is 1. The number of H-pyrrole nitrogens is 1. The summed E-state index contributed by atoms with van der Waals surface area (Å²) in [7, 11) is 1.49. The Hall–Kier alpha value is -2.69. The summed E-state index contributed by atoms with van der Waals surface area (Å²) in [4.78, 5) is 18.7. The summed E-state index contributed by atoms with van der Waals surface area (Å²) in [5, 5.41) is 0.485. The van der Waals surface area contributed by atoms with Crippen LogP contribution in [-0.2, 0) is 0 Å². The molecule has 0 aliphatic heterocycles. The normalized spacial score (nSPS) is 10.8. The quantitative estimate of drug-likeness (QED) is 0.787. The zero-order valence-corrected chi connectivity index (χ0v) is 11.6. The van der Waals surface area contributed by atoms with E-state index < -0.39 is 0 Å². The Balaban J connectivity index is 2.19. The number of ether oxygens (including phenoxy) is 1. The molecule has 1 N–H and O–H groups in total. The third kappa shape index (κ3) is 2.38. The van der Waals surface area contributed by atoms with Crippen molar-refractivity contribution in [1.29, 1.82) is 0 Å². The summed E-state index contributed by atoms with van der Waals surface area (Å²) in [5.74, 6) is 0.609. The zero-order chi connectivity index (χ0) is 15.0. The van der Waals surface area contributed by atoms with Gasteiger partial charge in [-0.05, 0) is 36.8 Å². The molecule has 0 atom stereocenters. The van der Waals surface area contributed by atoms with Gasteiger partial charge < -0.3 is 9.72 Å². The van der Waals surface area contributed by atoms with Crippen molar-refractivity contribution < 1.29 is 9.13 Å². The molecule has 5 heteroatoms. The molecule has 1 aromatic heterocycles. The van der Waals surface area contributed by atoms with Crippen LogP contribution in [0, 0.1) is 12.7 Å². The minimum atomic E-state index is -0.379. The molecule has 1 heterocycles. The molecule has 0 bridgehead atoms. The molecule has 21 heavy (non-hydrogen) atoms. The van der Waals surface area contributed by atoms with Crippen molar-refractivity contribution >= 4 is 10.9 Å². The smallest absolute Gasteiger partial charge is 0.258 e. The lowest BCUT2D eigenvalue weighted by atomic mass is 10.0. The van der Waals surface area contributed by atoms with Gasteiger partial charge in [-0.1, -0.05) is 6.07 Å². The fourth-order valence-corrected chi connectivity index (χ4v) is 2.28. The molecule has 0 unspecified atom stereocenters. The number of fused-ring (bicyclic) bond motifs is 1. The van der Waals surface area contributed by atoms with E-state index >= 15 is 0 Å². The van der Waals surface area contributed by atoms with Gasteiger partial charge in [0.15, 0.2) is 0 Å². The summed E-state index contributed by atoms with van der Waals surface area (Å²) >= 11 is 0. The number of aromatic amines is 1. The molecule has 2 aromatic carbocycles. The molecule has 0 radical (unpaired) electrons. The van der Waals surface area contributed by atoms with Crippen molar-refractivity contribution in [2.75, 3.05) is 7.11 Å². The molecule has 0 spiro atoms. The van der Waals surface area contributed by atoms with E-state index in [4.69, 9.17) is 4.74 Å². The highest BCUT2D eigenvalue weighted by Gasteiger charge is 2.09. The van der Waals surface area contributed by atoms with Crippen molar-refractivity contribution in [3.05, 3.63) is 58.4 Å². The number of methoxy groups -OCH3 is 1. The van der Waals surface area contributed by atoms with Gasteiger partial charge in [0.25, 0.3) is 5.56 Å². The molecule has 0 aliphatic carbocycles. The molecular formula is C16H13FN2O2. The van der Waals surface area contributed by atoms with E-state index in [-0.39, 0.29) is 11.4 Å². The van der Waals surface area contributed by atoms with Gasteiger partial charge in [0.2, 0.25) is 0 Å². The lowest BCUT2D eigenvalue weighted by molar-refractivity contribution is 0.411. The minimum absolute atomic E-state index is 0.195. The molecular weight excluding hydrogens is 271 g/mol. The van der Waals surface area contributed by atoms with Crippen molar-refractivity contribution in [1.82, 2.24) is 9.97 Å². The van der Waals surface area contributed by atoms with E-state index in [0.29, 0.717) is 33.6 Å². The predicted molar refractivity (Wildman–Crippen MR) is 79.0 cm³/mol. The van der Waals surface area contributed by atoms with E-state index in [1.54, 1.807) is 37.3 Å². The zero-order valence-electron chi connectivity index (χ0n) is 11.6. The topological polar surface area (TPSA) is 55.0 Å². The number of aromatic nitrogens is 2. The highest BCUT2D eigenvalue weighted by atomic mass is 19.1. The van der Waals surface area contributed by atoms with E-state index in [0.717, 1.165) is 0 Å². The first kappa shape index (κ1) is 13.3. The van der Waals surface area contributed by atoms with Crippen molar-refractivity contribution in [2.24, 2.45) is 0 Å². The van der Waals surface area contributed by atoms with E-state index in [1.165, 1.54) is 13.2 Å². The molecule has 0 fully saturated rings. The highest BCUT2D eigenvalue weighted by Crippen LogP contribution is 2.27. The summed E-state index contributed by atoms with van der Waals surface area (Å²) in [6.45, 7) is 1.71. The number of aryl methyl sites for hydroxylation is 1. The maximum absolute atomic E-state index is 14.1. The first-order valence-corrected chi connectivity index (χ1v) is 6.43. The summed E-state index contributed by atoms with van der Waals surface area (Å²) in [5.41, 5.74) is 1.46. The van der Waals surface area contributed by atoms with Gasteiger partial charge in [-0.25, -0.2) is 9.37 Å². The summed E-state index contributed by atoms with van der Waals surface area (Å²) in [6.07, 6.45) is 0. The van der Waals surface area contributed by atoms with Gasteiger partial charge in [0, 0.05) is 11.6 Å². The molecule has 106 valence electrons. The van der Waals surface area contributed by atoms with Crippen molar-refractivity contribution in [3.8, 4) is 16.9 Å². The van der Waals surface area contributed by atoms with Crippen LogP contribution in [0.1, 0.15) is 5.82 Å². The van der Waals surface area contributed by atoms with Crippen LogP contribution in [0.15, 0.2) is 41.2 Å². The summed E-state index contributed by atoms with van der Waals surface area (Å²) in [6, 6.07) is 9.74. The van der Waals surface area contributed by atoms with Gasteiger partial charge in [-0.15, -0.1) is 0 Å². The van der Waals surface area contributed by atoms with Gasteiger partial charge in [-0.2, -0.15) is 0 Å². The number of rotatable bonds is 2. The van der Waals surface area contributed by atoms with E-state index in [2.05, 4.69) is 9.97 Å². The van der Waals surface area contributed by atoms with Crippen LogP contribution in [0.5, 0.6) is 5.75 Å². The molecule has 0 aliphatic rings. The van der Waals surface area contributed by atoms with E-state index in [9.17, 15) is 9.18 Å². The monoisotopic (exact) mass is 284 g/mol. The number of nitrogens with zero attached hydrogens (tertiary/aromatic N) is 1. The molecule has 4 nitrogen and oxygen atoms in total. The SMILES string of the molecule is COc1ccc(-c2ccc3c(=O)[nH]c(C)nc3c2)c(F)c1. The fraction of sp³-hybridized carbons (Fsp3) is 0.125. The van der Waals surface area contributed by atoms with Crippen LogP contribution >= 0.6 is 0 Å². The van der Waals surface area contributed by atoms with Crippen molar-refractivity contribution in [2.45, 2.75) is 6.92 Å². The first-order valence-electron chi connectivity index (χ1n) is 6.43. The van der Waals surface area contributed by atoms with Crippen LogP contribution in [0.2, 0.25) is 0 Å². The second-order valence-electron chi connectivity index (χ2n) is 4.73. The number of hydrogen-bond acceptors (Lipinski definition) is 3. The number of nitrogens with one attached hydrogen (secondary N) is 1. The molecule has 3 aromatic rings. The molecule has 3 rings (SSSR count). The third-order valence-corrected chi connectivity index (χ3v) is 3.31. The van der Waals surface area contributed by atoms with Crippen LogP contribution < -0.4 is 10.3 Å². The largest absolute Gasteiger partial charge is 0.497 e. The minimum Gasteiger partial charge on any atom is -0.497 e. The Bertz CT molecular complexity index is 887. The Labute approximate surface area is 120 Å². The summed E-state index contributed by atoms with van der Waals surface area (Å²) < 4.78 is 19.1. The highest BCUT2D eigenvalue weighted by molar-refractivity contribution is 5.83. The maximum Gasteiger partial charge on any atom is 0.258 e. The average Bonchev–Trinajstić information content (AvgIpc) is 2.46. The van der Waals surface area contributed by atoms with Gasteiger partial charge in [-0.3, -0.25) is 4.79 Å². The molecule has 0 saturated carbocycles. The fourth-order valence-electron chi connectivity index (χ4n) is 2.28. The first-order chi connectivity index (χ1) is 10.1. The van der Waals surface area contributed by atoms with Crippen LogP contribution in [0.3, 0.4) is 0 Å².